The fourth-order valence-corrected chi connectivity index (χ4v) is 2.01. The van der Waals surface area contributed by atoms with Gasteiger partial charge in [0.15, 0.2) is 0 Å². The van der Waals surface area contributed by atoms with Crippen molar-refractivity contribution in [3.63, 3.8) is 0 Å². The summed E-state index contributed by atoms with van der Waals surface area (Å²) in [7, 11) is 0. The van der Waals surface area contributed by atoms with E-state index in [9.17, 15) is 9.59 Å². The van der Waals surface area contributed by atoms with Gasteiger partial charge in [-0.1, -0.05) is 6.07 Å². The van der Waals surface area contributed by atoms with Gasteiger partial charge in [-0.2, -0.15) is 0 Å². The summed E-state index contributed by atoms with van der Waals surface area (Å²) in [5.74, 6) is 0.154. The maximum absolute atomic E-state index is 12.1. The summed E-state index contributed by atoms with van der Waals surface area (Å²) in [5.41, 5.74) is 1.97. The van der Waals surface area contributed by atoms with Gasteiger partial charge in [0.2, 0.25) is 5.91 Å². The van der Waals surface area contributed by atoms with Crippen LogP contribution in [0.2, 0.25) is 0 Å². The Balaban J connectivity index is 2.08. The number of carbonyl (C=O) groups is 2. The van der Waals surface area contributed by atoms with Crippen molar-refractivity contribution in [3.05, 3.63) is 59.6 Å². The second-order valence-electron chi connectivity index (χ2n) is 5.50. The van der Waals surface area contributed by atoms with Crippen LogP contribution in [-0.2, 0) is 4.79 Å². The number of hydrogen-bond donors (Lipinski definition) is 2. The molecule has 5 nitrogen and oxygen atoms in total. The molecular formula is C18H20N2O3. The Labute approximate surface area is 135 Å². The van der Waals surface area contributed by atoms with E-state index in [-0.39, 0.29) is 17.9 Å². The van der Waals surface area contributed by atoms with Crippen molar-refractivity contribution >= 4 is 23.6 Å². The van der Waals surface area contributed by atoms with Crippen molar-refractivity contribution in [2.24, 2.45) is 0 Å². The van der Waals surface area contributed by atoms with Crippen molar-refractivity contribution in [2.75, 3.05) is 5.32 Å². The predicted molar refractivity (Wildman–Crippen MR) is 90.2 cm³/mol. The molecule has 0 aliphatic rings. The van der Waals surface area contributed by atoms with E-state index in [0.29, 0.717) is 17.0 Å². The second-order valence-corrected chi connectivity index (χ2v) is 5.50. The molecule has 2 amide bonds. The quantitative estimate of drug-likeness (QED) is 0.831. The van der Waals surface area contributed by atoms with E-state index in [1.54, 1.807) is 36.4 Å². The third kappa shape index (κ3) is 4.85. The highest BCUT2D eigenvalue weighted by Gasteiger charge is 2.11. The molecule has 1 aromatic carbocycles. The first kappa shape index (κ1) is 16.5. The summed E-state index contributed by atoms with van der Waals surface area (Å²) in [4.78, 5) is 24.1. The van der Waals surface area contributed by atoms with E-state index in [0.717, 1.165) is 5.56 Å². The van der Waals surface area contributed by atoms with E-state index in [2.05, 4.69) is 10.6 Å². The van der Waals surface area contributed by atoms with Crippen LogP contribution in [0.1, 0.15) is 35.5 Å². The van der Waals surface area contributed by atoms with Gasteiger partial charge in [0.25, 0.3) is 5.91 Å². The molecule has 0 fully saturated rings. The van der Waals surface area contributed by atoms with Crippen molar-refractivity contribution in [2.45, 2.75) is 26.8 Å². The lowest BCUT2D eigenvalue weighted by Crippen LogP contribution is -2.30. The smallest absolute Gasteiger partial charge is 0.251 e. The highest BCUT2D eigenvalue weighted by molar-refractivity contribution is 6.03. The van der Waals surface area contributed by atoms with Crippen molar-refractivity contribution in [1.82, 2.24) is 5.32 Å². The van der Waals surface area contributed by atoms with E-state index in [1.165, 1.54) is 12.3 Å². The van der Waals surface area contributed by atoms with Gasteiger partial charge in [-0.15, -0.1) is 0 Å². The second kappa shape index (κ2) is 7.45. The Hall–Kier alpha value is -2.82. The standard InChI is InChI=1S/C18H20N2O3/c1-12(2)19-18(22)16-11-14(7-6-13(16)3)20-17(21)9-8-15-5-4-10-23-15/h4-12H,1-3H3,(H,19,22)(H,20,21). The summed E-state index contributed by atoms with van der Waals surface area (Å²) in [6, 6.07) is 8.80. The van der Waals surface area contributed by atoms with Crippen LogP contribution >= 0.6 is 0 Å². The number of hydrogen-bond acceptors (Lipinski definition) is 3. The van der Waals surface area contributed by atoms with Crippen LogP contribution in [0.3, 0.4) is 0 Å². The highest BCUT2D eigenvalue weighted by atomic mass is 16.3. The number of amides is 2. The zero-order chi connectivity index (χ0) is 16.8. The fourth-order valence-electron chi connectivity index (χ4n) is 2.01. The molecule has 5 heteroatoms. The van der Waals surface area contributed by atoms with Crippen molar-refractivity contribution < 1.29 is 14.0 Å². The van der Waals surface area contributed by atoms with Gasteiger partial charge in [-0.3, -0.25) is 9.59 Å². The number of carbonyl (C=O) groups excluding carboxylic acids is 2. The van der Waals surface area contributed by atoms with Gasteiger partial charge in [-0.05, 0) is 56.7 Å². The van der Waals surface area contributed by atoms with Crippen LogP contribution in [0.5, 0.6) is 0 Å². The molecular weight excluding hydrogens is 292 g/mol. The van der Waals surface area contributed by atoms with Gasteiger partial charge < -0.3 is 15.1 Å². The van der Waals surface area contributed by atoms with Crippen LogP contribution in [0.4, 0.5) is 5.69 Å². The Morgan fingerprint density at radius 3 is 2.65 bits per heavy atom. The van der Waals surface area contributed by atoms with Crippen LogP contribution in [-0.4, -0.2) is 17.9 Å². The molecule has 2 rings (SSSR count). The predicted octanol–water partition coefficient (Wildman–Crippen LogP) is 3.38. The summed E-state index contributed by atoms with van der Waals surface area (Å²) in [6.45, 7) is 5.66. The topological polar surface area (TPSA) is 71.3 Å². The minimum Gasteiger partial charge on any atom is -0.465 e. The summed E-state index contributed by atoms with van der Waals surface area (Å²) in [6.07, 6.45) is 4.50. The van der Waals surface area contributed by atoms with Crippen molar-refractivity contribution in [1.29, 1.82) is 0 Å². The molecule has 1 aromatic heterocycles. The highest BCUT2D eigenvalue weighted by Crippen LogP contribution is 2.16. The first-order valence-electron chi connectivity index (χ1n) is 7.40. The maximum atomic E-state index is 12.1. The molecule has 0 bridgehead atoms. The largest absolute Gasteiger partial charge is 0.465 e. The molecule has 0 saturated carbocycles. The normalized spacial score (nSPS) is 11.0. The Morgan fingerprint density at radius 1 is 1.22 bits per heavy atom. The molecule has 0 unspecified atom stereocenters. The third-order valence-corrected chi connectivity index (χ3v) is 3.11. The molecule has 0 radical (unpaired) electrons. The molecule has 120 valence electrons. The number of benzene rings is 1. The third-order valence-electron chi connectivity index (χ3n) is 3.11. The summed E-state index contributed by atoms with van der Waals surface area (Å²) in [5, 5.41) is 5.58. The van der Waals surface area contributed by atoms with E-state index >= 15 is 0 Å². The minimum absolute atomic E-state index is 0.0522. The number of aryl methyl sites for hydroxylation is 1. The molecule has 0 saturated heterocycles. The van der Waals surface area contributed by atoms with Crippen LogP contribution in [0.25, 0.3) is 6.08 Å². The van der Waals surface area contributed by atoms with E-state index < -0.39 is 0 Å². The van der Waals surface area contributed by atoms with Gasteiger partial charge >= 0.3 is 0 Å². The Kier molecular flexibility index (Phi) is 5.36. The Morgan fingerprint density at radius 2 is 2.00 bits per heavy atom. The van der Waals surface area contributed by atoms with Crippen molar-refractivity contribution in [3.8, 4) is 0 Å². The lowest BCUT2D eigenvalue weighted by atomic mass is 10.1. The molecule has 0 aliphatic carbocycles. The van der Waals surface area contributed by atoms with Gasteiger partial charge in [-0.25, -0.2) is 0 Å². The monoisotopic (exact) mass is 312 g/mol. The number of furan rings is 1. The average molecular weight is 312 g/mol. The number of anilines is 1. The Bertz CT molecular complexity index is 716. The lowest BCUT2D eigenvalue weighted by Gasteiger charge is -2.12. The van der Waals surface area contributed by atoms with Gasteiger partial charge in [0.1, 0.15) is 5.76 Å². The van der Waals surface area contributed by atoms with Gasteiger partial charge in [0, 0.05) is 23.4 Å². The first-order valence-corrected chi connectivity index (χ1v) is 7.40. The minimum atomic E-state index is -0.291. The van der Waals surface area contributed by atoms with E-state index in [1.807, 2.05) is 20.8 Å². The van der Waals surface area contributed by atoms with Crippen LogP contribution < -0.4 is 10.6 Å². The summed E-state index contributed by atoms with van der Waals surface area (Å²) >= 11 is 0. The zero-order valence-corrected chi connectivity index (χ0v) is 13.4. The molecule has 23 heavy (non-hydrogen) atoms. The van der Waals surface area contributed by atoms with Gasteiger partial charge in [0.05, 0.1) is 6.26 Å². The van der Waals surface area contributed by atoms with Crippen LogP contribution in [0, 0.1) is 6.92 Å². The van der Waals surface area contributed by atoms with Crippen LogP contribution in [0.15, 0.2) is 47.1 Å². The molecule has 2 aromatic rings. The lowest BCUT2D eigenvalue weighted by molar-refractivity contribution is -0.111. The summed E-state index contributed by atoms with van der Waals surface area (Å²) < 4.78 is 5.12. The molecule has 2 N–H and O–H groups in total. The average Bonchev–Trinajstić information content (AvgIpc) is 2.99. The zero-order valence-electron chi connectivity index (χ0n) is 13.4. The molecule has 0 atom stereocenters. The van der Waals surface area contributed by atoms with E-state index in [4.69, 9.17) is 4.42 Å². The SMILES string of the molecule is Cc1ccc(NC(=O)C=Cc2ccco2)cc1C(=O)NC(C)C. The number of rotatable bonds is 5. The maximum Gasteiger partial charge on any atom is 0.251 e. The first-order chi connectivity index (χ1) is 11.0. The molecule has 0 spiro atoms. The molecule has 0 aliphatic heterocycles. The number of nitrogens with one attached hydrogen (secondary N) is 2. The fraction of sp³-hybridized carbons (Fsp3) is 0.222. The molecule has 1 heterocycles.